The molecule has 0 aromatic heterocycles. The third-order valence-corrected chi connectivity index (χ3v) is 4.02. The summed E-state index contributed by atoms with van der Waals surface area (Å²) in [6.45, 7) is 2.71. The lowest BCUT2D eigenvalue weighted by Gasteiger charge is -2.26. The molecule has 1 heterocycles. The van der Waals surface area contributed by atoms with E-state index < -0.39 is 0 Å². The highest BCUT2D eigenvalue weighted by molar-refractivity contribution is 8.00. The van der Waals surface area contributed by atoms with Crippen molar-refractivity contribution >= 4 is 29.5 Å². The van der Waals surface area contributed by atoms with E-state index in [1.54, 1.807) is 11.9 Å². The summed E-state index contributed by atoms with van der Waals surface area (Å²) in [6, 6.07) is 0. The lowest BCUT2D eigenvalue weighted by molar-refractivity contribution is -0.141. The number of nitrogens with zero attached hydrogens (tertiary/aromatic N) is 2. The molecule has 0 aliphatic carbocycles. The number of amides is 2. The fourth-order valence-electron chi connectivity index (χ4n) is 1.73. The molecule has 0 aromatic rings. The van der Waals surface area contributed by atoms with E-state index in [2.05, 4.69) is 4.74 Å². The third kappa shape index (κ3) is 6.81. The summed E-state index contributed by atoms with van der Waals surface area (Å²) in [5.74, 6) is 0.112. The van der Waals surface area contributed by atoms with Gasteiger partial charge in [0.15, 0.2) is 0 Å². The van der Waals surface area contributed by atoms with Crippen LogP contribution in [0.4, 0.5) is 0 Å². The second-order valence-corrected chi connectivity index (χ2v) is 5.61. The number of morpholine rings is 1. The van der Waals surface area contributed by atoms with Gasteiger partial charge in [-0.3, -0.25) is 14.4 Å². The molecule has 1 saturated heterocycles. The van der Waals surface area contributed by atoms with Crippen molar-refractivity contribution < 1.29 is 23.9 Å². The Morgan fingerprint density at radius 1 is 1.24 bits per heavy atom. The standard InChI is InChI=1S/C13H22N2O5S/c1-14(4-3-13(18)19-2)11(16)9-21-10-12(17)15-5-7-20-8-6-15/h3-10H2,1-2H3. The minimum atomic E-state index is -0.343. The van der Waals surface area contributed by atoms with E-state index in [0.29, 0.717) is 32.8 Å². The van der Waals surface area contributed by atoms with Crippen LogP contribution in [0, 0.1) is 0 Å². The zero-order valence-electron chi connectivity index (χ0n) is 12.5. The smallest absolute Gasteiger partial charge is 0.307 e. The highest BCUT2D eigenvalue weighted by Gasteiger charge is 2.17. The average Bonchev–Trinajstić information content (AvgIpc) is 2.52. The van der Waals surface area contributed by atoms with Crippen LogP contribution in [0.1, 0.15) is 6.42 Å². The van der Waals surface area contributed by atoms with E-state index >= 15 is 0 Å². The van der Waals surface area contributed by atoms with Gasteiger partial charge < -0.3 is 19.3 Å². The summed E-state index contributed by atoms with van der Waals surface area (Å²) in [6.07, 6.45) is 0.177. The normalized spacial score (nSPS) is 14.7. The van der Waals surface area contributed by atoms with Gasteiger partial charge in [0.1, 0.15) is 0 Å². The first kappa shape index (κ1) is 17.8. The SMILES string of the molecule is COC(=O)CCN(C)C(=O)CSCC(=O)N1CCOCC1. The van der Waals surface area contributed by atoms with Crippen molar-refractivity contribution in [3.63, 3.8) is 0 Å². The topological polar surface area (TPSA) is 76.2 Å². The second kappa shape index (κ2) is 9.62. The van der Waals surface area contributed by atoms with Gasteiger partial charge >= 0.3 is 5.97 Å². The molecular formula is C13H22N2O5S. The molecule has 0 bridgehead atoms. The van der Waals surface area contributed by atoms with E-state index in [0.717, 1.165) is 0 Å². The lowest BCUT2D eigenvalue weighted by atomic mass is 10.4. The molecule has 1 rings (SSSR count). The van der Waals surface area contributed by atoms with Gasteiger partial charge in [0.05, 0.1) is 38.3 Å². The predicted molar refractivity (Wildman–Crippen MR) is 79.0 cm³/mol. The minimum absolute atomic E-state index is 0.0355. The highest BCUT2D eigenvalue weighted by Crippen LogP contribution is 2.06. The quantitative estimate of drug-likeness (QED) is 0.595. The molecule has 1 aliphatic rings. The summed E-state index contributed by atoms with van der Waals surface area (Å²) in [5.41, 5.74) is 0. The number of ether oxygens (including phenoxy) is 2. The monoisotopic (exact) mass is 318 g/mol. The molecule has 0 radical (unpaired) electrons. The highest BCUT2D eigenvalue weighted by atomic mass is 32.2. The fraction of sp³-hybridized carbons (Fsp3) is 0.769. The van der Waals surface area contributed by atoms with Gasteiger partial charge in [0.25, 0.3) is 0 Å². The number of carbonyl (C=O) groups is 3. The molecule has 0 spiro atoms. The molecule has 7 nitrogen and oxygen atoms in total. The van der Waals surface area contributed by atoms with E-state index in [-0.39, 0.29) is 35.7 Å². The van der Waals surface area contributed by atoms with Crippen molar-refractivity contribution in [1.29, 1.82) is 0 Å². The number of rotatable bonds is 7. The van der Waals surface area contributed by atoms with Gasteiger partial charge in [0.2, 0.25) is 11.8 Å². The summed E-state index contributed by atoms with van der Waals surface area (Å²) in [5, 5.41) is 0. The van der Waals surface area contributed by atoms with Crippen molar-refractivity contribution in [2.24, 2.45) is 0 Å². The summed E-state index contributed by atoms with van der Waals surface area (Å²) in [7, 11) is 2.95. The van der Waals surface area contributed by atoms with E-state index in [9.17, 15) is 14.4 Å². The Morgan fingerprint density at radius 2 is 1.90 bits per heavy atom. The van der Waals surface area contributed by atoms with Crippen LogP contribution >= 0.6 is 11.8 Å². The van der Waals surface area contributed by atoms with Crippen LogP contribution in [0.2, 0.25) is 0 Å². The largest absolute Gasteiger partial charge is 0.469 e. The van der Waals surface area contributed by atoms with Gasteiger partial charge in [-0.2, -0.15) is 0 Å². The molecule has 0 unspecified atom stereocenters. The Morgan fingerprint density at radius 3 is 2.52 bits per heavy atom. The van der Waals surface area contributed by atoms with Crippen LogP contribution in [0.3, 0.4) is 0 Å². The van der Waals surface area contributed by atoms with Crippen molar-refractivity contribution in [3.05, 3.63) is 0 Å². The molecule has 8 heteroatoms. The van der Waals surface area contributed by atoms with E-state index in [1.165, 1.54) is 23.8 Å². The molecule has 120 valence electrons. The van der Waals surface area contributed by atoms with Crippen LogP contribution in [0.15, 0.2) is 0 Å². The van der Waals surface area contributed by atoms with Crippen molar-refractivity contribution in [3.8, 4) is 0 Å². The molecule has 21 heavy (non-hydrogen) atoms. The van der Waals surface area contributed by atoms with Crippen LogP contribution in [0.25, 0.3) is 0 Å². The number of hydrogen-bond acceptors (Lipinski definition) is 6. The van der Waals surface area contributed by atoms with Gasteiger partial charge in [0, 0.05) is 26.7 Å². The van der Waals surface area contributed by atoms with Gasteiger partial charge in [-0.25, -0.2) is 0 Å². The predicted octanol–water partition coefficient (Wildman–Crippen LogP) is -0.400. The third-order valence-electron chi connectivity index (χ3n) is 3.12. The van der Waals surface area contributed by atoms with Crippen molar-refractivity contribution in [2.75, 3.05) is 58.5 Å². The van der Waals surface area contributed by atoms with Crippen LogP contribution < -0.4 is 0 Å². The van der Waals surface area contributed by atoms with Crippen molar-refractivity contribution in [1.82, 2.24) is 9.80 Å². The molecule has 0 aromatic carbocycles. The average molecular weight is 318 g/mol. The Hall–Kier alpha value is -1.28. The molecule has 0 atom stereocenters. The number of thioether (sulfide) groups is 1. The van der Waals surface area contributed by atoms with Gasteiger partial charge in [-0.1, -0.05) is 0 Å². The number of hydrogen-bond donors (Lipinski definition) is 0. The molecular weight excluding hydrogens is 296 g/mol. The molecule has 2 amide bonds. The zero-order valence-corrected chi connectivity index (χ0v) is 13.3. The first-order valence-electron chi connectivity index (χ1n) is 6.78. The van der Waals surface area contributed by atoms with Crippen molar-refractivity contribution in [2.45, 2.75) is 6.42 Å². The molecule has 1 fully saturated rings. The second-order valence-electron chi connectivity index (χ2n) is 4.63. The Balaban J connectivity index is 2.17. The summed E-state index contributed by atoms with van der Waals surface area (Å²) >= 11 is 1.29. The zero-order chi connectivity index (χ0) is 15.7. The Labute approximate surface area is 128 Å². The molecule has 1 aliphatic heterocycles. The summed E-state index contributed by atoms with van der Waals surface area (Å²) < 4.78 is 9.70. The number of carbonyl (C=O) groups excluding carboxylic acids is 3. The first-order chi connectivity index (χ1) is 10.0. The minimum Gasteiger partial charge on any atom is -0.469 e. The molecule has 0 saturated carbocycles. The molecule has 0 N–H and O–H groups in total. The maximum absolute atomic E-state index is 11.9. The Bertz CT molecular complexity index is 372. The van der Waals surface area contributed by atoms with Gasteiger partial charge in [-0.15, -0.1) is 11.8 Å². The number of methoxy groups -OCH3 is 1. The van der Waals surface area contributed by atoms with Crippen LogP contribution in [-0.4, -0.2) is 86.1 Å². The maximum Gasteiger partial charge on any atom is 0.307 e. The fourth-order valence-corrected chi connectivity index (χ4v) is 2.58. The number of esters is 1. The van der Waals surface area contributed by atoms with E-state index in [4.69, 9.17) is 4.74 Å². The first-order valence-corrected chi connectivity index (χ1v) is 7.94. The van der Waals surface area contributed by atoms with Gasteiger partial charge in [-0.05, 0) is 0 Å². The Kier molecular flexibility index (Phi) is 8.14. The lowest BCUT2D eigenvalue weighted by Crippen LogP contribution is -2.41. The van der Waals surface area contributed by atoms with E-state index in [1.807, 2.05) is 0 Å². The van der Waals surface area contributed by atoms with Crippen LogP contribution in [-0.2, 0) is 23.9 Å². The maximum atomic E-state index is 11.9. The van der Waals surface area contributed by atoms with Crippen LogP contribution in [0.5, 0.6) is 0 Å². The summed E-state index contributed by atoms with van der Waals surface area (Å²) in [4.78, 5) is 37.9.